The van der Waals surface area contributed by atoms with E-state index in [1.807, 2.05) is 97.1 Å². The van der Waals surface area contributed by atoms with E-state index in [0.717, 1.165) is 30.8 Å². The summed E-state index contributed by atoms with van der Waals surface area (Å²) in [6.07, 6.45) is 1.65. The molecule has 0 aliphatic heterocycles. The van der Waals surface area contributed by atoms with Crippen molar-refractivity contribution in [2.45, 2.75) is 4.90 Å². The third kappa shape index (κ3) is 8.92. The van der Waals surface area contributed by atoms with Gasteiger partial charge in [0.25, 0.3) is 11.8 Å². The molecule has 3 amide bonds. The zero-order valence-corrected chi connectivity index (χ0v) is 26.5. The van der Waals surface area contributed by atoms with Gasteiger partial charge in [0, 0.05) is 25.4 Å². The summed E-state index contributed by atoms with van der Waals surface area (Å²) in [7, 11) is 0. The molecule has 0 radical (unpaired) electrons. The van der Waals surface area contributed by atoms with Crippen molar-refractivity contribution in [1.29, 1.82) is 0 Å². The number of rotatable bonds is 10. The third-order valence-electron chi connectivity index (χ3n) is 6.45. The number of carbonyl (C=O) groups excluding carboxylic acids is 3. The van der Waals surface area contributed by atoms with Crippen molar-refractivity contribution in [2.24, 2.45) is 0 Å². The fourth-order valence-corrected chi connectivity index (χ4v) is 5.37. The van der Waals surface area contributed by atoms with Crippen molar-refractivity contribution in [1.82, 2.24) is 5.32 Å². The molecule has 0 bridgehead atoms. The number of carbonyl (C=O) groups is 3. The Morgan fingerprint density at radius 1 is 0.659 bits per heavy atom. The number of nitrogens with one attached hydrogen (secondary N) is 3. The molecule has 0 spiro atoms. The van der Waals surface area contributed by atoms with Gasteiger partial charge < -0.3 is 16.0 Å². The largest absolute Gasteiger partial charge is 0.325 e. The van der Waals surface area contributed by atoms with Crippen molar-refractivity contribution >= 4 is 69.5 Å². The molecule has 0 aliphatic carbocycles. The van der Waals surface area contributed by atoms with Gasteiger partial charge in [0.05, 0.1) is 5.75 Å². The first-order valence-electron chi connectivity index (χ1n) is 13.8. The van der Waals surface area contributed by atoms with E-state index in [-0.39, 0.29) is 17.4 Å². The SMILES string of the molecule is O=C(CSc1cccc(NC(=O)/C(=C\c2ccc(-c3ccccc3)cc2)NC(=O)c2ccccc2)c1)Nc1ccc(I)cc1. The first kappa shape index (κ1) is 30.8. The van der Waals surface area contributed by atoms with E-state index in [1.165, 1.54) is 11.8 Å². The van der Waals surface area contributed by atoms with Gasteiger partial charge >= 0.3 is 0 Å². The summed E-state index contributed by atoms with van der Waals surface area (Å²) in [4.78, 5) is 39.8. The summed E-state index contributed by atoms with van der Waals surface area (Å²) in [5.74, 6) is -0.783. The molecule has 0 saturated carbocycles. The van der Waals surface area contributed by atoms with Gasteiger partial charge in [-0.05, 0) is 100.0 Å². The molecule has 0 saturated heterocycles. The zero-order chi connectivity index (χ0) is 30.7. The van der Waals surface area contributed by atoms with Crippen molar-refractivity contribution in [3.05, 3.63) is 154 Å². The van der Waals surface area contributed by atoms with Gasteiger partial charge in [-0.3, -0.25) is 14.4 Å². The molecular formula is C36H28IN3O3S. The van der Waals surface area contributed by atoms with Gasteiger partial charge in [-0.2, -0.15) is 0 Å². The third-order valence-corrected chi connectivity index (χ3v) is 8.16. The number of hydrogen-bond donors (Lipinski definition) is 3. The lowest BCUT2D eigenvalue weighted by Crippen LogP contribution is -2.30. The van der Waals surface area contributed by atoms with Crippen molar-refractivity contribution < 1.29 is 14.4 Å². The highest BCUT2D eigenvalue weighted by molar-refractivity contribution is 14.1. The topological polar surface area (TPSA) is 87.3 Å². The molecule has 0 heterocycles. The number of halogens is 1. The van der Waals surface area contributed by atoms with Gasteiger partial charge in [-0.15, -0.1) is 11.8 Å². The molecular weight excluding hydrogens is 681 g/mol. The van der Waals surface area contributed by atoms with Gasteiger partial charge in [0.1, 0.15) is 5.70 Å². The minimum absolute atomic E-state index is 0.0984. The normalized spacial score (nSPS) is 11.0. The molecule has 3 N–H and O–H groups in total. The Morgan fingerprint density at radius 3 is 2.02 bits per heavy atom. The van der Waals surface area contributed by atoms with E-state index < -0.39 is 11.8 Å². The second-order valence-electron chi connectivity index (χ2n) is 9.69. The summed E-state index contributed by atoms with van der Waals surface area (Å²) < 4.78 is 1.09. The maximum atomic E-state index is 13.5. The van der Waals surface area contributed by atoms with E-state index >= 15 is 0 Å². The van der Waals surface area contributed by atoms with E-state index in [1.54, 1.807) is 42.5 Å². The molecule has 5 aromatic rings. The van der Waals surface area contributed by atoms with Crippen LogP contribution in [0.2, 0.25) is 0 Å². The summed E-state index contributed by atoms with van der Waals surface area (Å²) in [6, 6.07) is 41.3. The van der Waals surface area contributed by atoms with Gasteiger partial charge in [-0.1, -0.05) is 78.9 Å². The van der Waals surface area contributed by atoms with E-state index in [0.29, 0.717) is 11.3 Å². The fraction of sp³-hybridized carbons (Fsp3) is 0.0278. The van der Waals surface area contributed by atoms with E-state index in [4.69, 9.17) is 0 Å². The fourth-order valence-electron chi connectivity index (χ4n) is 4.25. The summed E-state index contributed by atoms with van der Waals surface area (Å²) in [6.45, 7) is 0. The van der Waals surface area contributed by atoms with Crippen LogP contribution in [0.4, 0.5) is 11.4 Å². The number of hydrogen-bond acceptors (Lipinski definition) is 4. The Labute approximate surface area is 274 Å². The van der Waals surface area contributed by atoms with Crippen LogP contribution >= 0.6 is 34.4 Å². The van der Waals surface area contributed by atoms with Gasteiger partial charge in [0.15, 0.2) is 0 Å². The average molecular weight is 710 g/mol. The number of amides is 3. The molecule has 0 aromatic heterocycles. The van der Waals surface area contributed by atoms with Crippen LogP contribution in [0.1, 0.15) is 15.9 Å². The lowest BCUT2D eigenvalue weighted by Gasteiger charge is -2.12. The molecule has 0 aliphatic rings. The average Bonchev–Trinajstić information content (AvgIpc) is 3.06. The van der Waals surface area contributed by atoms with Gasteiger partial charge in [-0.25, -0.2) is 0 Å². The van der Waals surface area contributed by atoms with Gasteiger partial charge in [0.2, 0.25) is 5.91 Å². The number of benzene rings is 5. The summed E-state index contributed by atoms with van der Waals surface area (Å²) in [5, 5.41) is 8.56. The second-order valence-corrected chi connectivity index (χ2v) is 12.0. The molecule has 44 heavy (non-hydrogen) atoms. The van der Waals surface area contributed by atoms with E-state index in [2.05, 4.69) is 38.5 Å². The second kappa shape index (κ2) is 15.2. The van der Waals surface area contributed by atoms with Crippen LogP contribution in [0.3, 0.4) is 0 Å². The lowest BCUT2D eigenvalue weighted by molar-refractivity contribution is -0.114. The van der Waals surface area contributed by atoms with Crippen molar-refractivity contribution in [3.63, 3.8) is 0 Å². The first-order chi connectivity index (χ1) is 21.4. The Balaban J connectivity index is 1.29. The first-order valence-corrected chi connectivity index (χ1v) is 15.8. The predicted molar refractivity (Wildman–Crippen MR) is 187 cm³/mol. The quantitative estimate of drug-likeness (QED) is 0.0778. The van der Waals surface area contributed by atoms with Crippen LogP contribution in [-0.4, -0.2) is 23.5 Å². The minimum Gasteiger partial charge on any atom is -0.325 e. The monoisotopic (exact) mass is 709 g/mol. The van der Waals surface area contributed by atoms with Crippen LogP contribution in [0, 0.1) is 3.57 Å². The Morgan fingerprint density at radius 2 is 1.32 bits per heavy atom. The molecule has 0 atom stereocenters. The number of anilines is 2. The predicted octanol–water partition coefficient (Wildman–Crippen LogP) is 8.10. The van der Waals surface area contributed by atoms with Crippen LogP contribution in [0.25, 0.3) is 17.2 Å². The van der Waals surface area contributed by atoms with Crippen LogP contribution in [0.15, 0.2) is 144 Å². The van der Waals surface area contributed by atoms with Crippen molar-refractivity contribution in [2.75, 3.05) is 16.4 Å². The molecule has 5 aromatic carbocycles. The zero-order valence-electron chi connectivity index (χ0n) is 23.5. The van der Waals surface area contributed by atoms with Crippen LogP contribution in [-0.2, 0) is 9.59 Å². The van der Waals surface area contributed by atoms with Crippen LogP contribution < -0.4 is 16.0 Å². The smallest absolute Gasteiger partial charge is 0.272 e. The molecule has 6 nitrogen and oxygen atoms in total. The number of thioether (sulfide) groups is 1. The molecule has 5 rings (SSSR count). The molecule has 8 heteroatoms. The Hall–Kier alpha value is -4.67. The van der Waals surface area contributed by atoms with E-state index in [9.17, 15) is 14.4 Å². The maximum absolute atomic E-state index is 13.5. The highest BCUT2D eigenvalue weighted by Crippen LogP contribution is 2.24. The highest BCUT2D eigenvalue weighted by Gasteiger charge is 2.16. The highest BCUT2D eigenvalue weighted by atomic mass is 127. The minimum atomic E-state index is -0.472. The maximum Gasteiger partial charge on any atom is 0.272 e. The molecule has 218 valence electrons. The molecule has 0 unspecified atom stereocenters. The van der Waals surface area contributed by atoms with Crippen LogP contribution in [0.5, 0.6) is 0 Å². The lowest BCUT2D eigenvalue weighted by atomic mass is 10.0. The summed E-state index contributed by atoms with van der Waals surface area (Å²) >= 11 is 3.58. The standard InChI is InChI=1S/C36H28IN3O3S/c37-29-18-20-30(21-19-29)38-34(41)24-44-32-13-7-12-31(23-32)39-36(43)33(40-35(42)28-10-5-2-6-11-28)22-25-14-16-27(17-15-25)26-8-3-1-4-9-26/h1-23H,24H2,(H,38,41)(H,39,43)(H,40,42)/b33-22+. The Kier molecular flexibility index (Phi) is 10.6. The Bertz CT molecular complexity index is 1780. The van der Waals surface area contributed by atoms with Crippen molar-refractivity contribution in [3.8, 4) is 11.1 Å². The molecule has 0 fully saturated rings. The summed E-state index contributed by atoms with van der Waals surface area (Å²) in [5.41, 5.74) is 4.70.